The topological polar surface area (TPSA) is 103 Å². The molecule has 0 atom stereocenters. The van der Waals surface area contributed by atoms with E-state index in [2.05, 4.69) is 14.8 Å². The molecule has 1 rings (SSSR count). The number of hydrogen-bond donors (Lipinski definition) is 2. The standard InChI is InChI=1S/C14H22N2O6S.ClH/c1-20-9-8-15-6-7-16-23(18,19)11-4-5-12(14(17)22-3)13(10-11)21-2;/h4-5,10,15-16H,6-9H2,1-3H3;1H. The summed E-state index contributed by atoms with van der Waals surface area (Å²) >= 11 is 0. The molecule has 138 valence electrons. The molecule has 0 saturated heterocycles. The largest absolute Gasteiger partial charge is 0.496 e. The van der Waals surface area contributed by atoms with Crippen LogP contribution in [0.2, 0.25) is 0 Å². The number of nitrogens with one attached hydrogen (secondary N) is 2. The number of benzene rings is 1. The lowest BCUT2D eigenvalue weighted by Gasteiger charge is -2.11. The van der Waals surface area contributed by atoms with Crippen molar-refractivity contribution in [1.82, 2.24) is 10.0 Å². The summed E-state index contributed by atoms with van der Waals surface area (Å²) in [6.07, 6.45) is 0. The predicted octanol–water partition coefficient (Wildman–Crippen LogP) is 0.418. The molecule has 0 radical (unpaired) electrons. The molecule has 0 fully saturated rings. The van der Waals surface area contributed by atoms with Crippen LogP contribution in [-0.4, -0.2) is 62.0 Å². The predicted molar refractivity (Wildman–Crippen MR) is 91.5 cm³/mol. The fraction of sp³-hybridized carbons (Fsp3) is 0.500. The average molecular weight is 383 g/mol. The highest BCUT2D eigenvalue weighted by molar-refractivity contribution is 7.89. The van der Waals surface area contributed by atoms with Crippen LogP contribution < -0.4 is 14.8 Å². The fourth-order valence-electron chi connectivity index (χ4n) is 1.77. The van der Waals surface area contributed by atoms with Gasteiger partial charge in [-0.25, -0.2) is 17.9 Å². The molecule has 0 aromatic heterocycles. The van der Waals surface area contributed by atoms with Crippen LogP contribution in [0.5, 0.6) is 5.75 Å². The van der Waals surface area contributed by atoms with Crippen LogP contribution in [-0.2, 0) is 19.5 Å². The summed E-state index contributed by atoms with van der Waals surface area (Å²) in [5.41, 5.74) is 0.162. The van der Waals surface area contributed by atoms with Crippen LogP contribution in [0.4, 0.5) is 0 Å². The number of sulfonamides is 1. The van der Waals surface area contributed by atoms with E-state index in [4.69, 9.17) is 9.47 Å². The Morgan fingerprint density at radius 1 is 1.12 bits per heavy atom. The minimum absolute atomic E-state index is 0. The van der Waals surface area contributed by atoms with E-state index in [9.17, 15) is 13.2 Å². The normalized spacial score (nSPS) is 10.8. The van der Waals surface area contributed by atoms with E-state index in [1.54, 1.807) is 7.11 Å². The lowest BCUT2D eigenvalue weighted by molar-refractivity contribution is 0.0597. The molecule has 1 aromatic carbocycles. The van der Waals surface area contributed by atoms with Gasteiger partial charge in [0.2, 0.25) is 10.0 Å². The molecular formula is C14H23ClN2O6S. The molecule has 2 N–H and O–H groups in total. The molecule has 0 aliphatic heterocycles. The molecule has 0 unspecified atom stereocenters. The van der Waals surface area contributed by atoms with Crippen molar-refractivity contribution in [3.05, 3.63) is 23.8 Å². The quantitative estimate of drug-likeness (QED) is 0.446. The summed E-state index contributed by atoms with van der Waals surface area (Å²) in [4.78, 5) is 11.6. The minimum atomic E-state index is -3.69. The van der Waals surface area contributed by atoms with Crippen molar-refractivity contribution in [2.45, 2.75) is 4.90 Å². The van der Waals surface area contributed by atoms with Crippen molar-refractivity contribution in [1.29, 1.82) is 0 Å². The van der Waals surface area contributed by atoms with Gasteiger partial charge in [0.25, 0.3) is 0 Å². The van der Waals surface area contributed by atoms with Gasteiger partial charge in [0, 0.05) is 32.8 Å². The van der Waals surface area contributed by atoms with Gasteiger partial charge in [0.15, 0.2) is 0 Å². The number of esters is 1. The Balaban J connectivity index is 0.00000529. The summed E-state index contributed by atoms with van der Waals surface area (Å²) in [6.45, 7) is 1.89. The van der Waals surface area contributed by atoms with Gasteiger partial charge >= 0.3 is 5.97 Å². The first-order valence-electron chi connectivity index (χ1n) is 6.92. The van der Waals surface area contributed by atoms with E-state index in [1.807, 2.05) is 0 Å². The van der Waals surface area contributed by atoms with Gasteiger partial charge in [-0.15, -0.1) is 12.4 Å². The molecule has 8 nitrogen and oxygen atoms in total. The Morgan fingerprint density at radius 2 is 1.83 bits per heavy atom. The summed E-state index contributed by atoms with van der Waals surface area (Å²) in [7, 11) is 0.498. The number of rotatable bonds is 10. The Kier molecular flexibility index (Phi) is 10.6. The lowest BCUT2D eigenvalue weighted by Crippen LogP contribution is -2.33. The van der Waals surface area contributed by atoms with E-state index in [1.165, 1.54) is 32.4 Å². The molecule has 10 heteroatoms. The number of ether oxygens (including phenoxy) is 3. The van der Waals surface area contributed by atoms with E-state index in [-0.39, 0.29) is 35.2 Å². The molecule has 0 bridgehead atoms. The molecule has 0 saturated carbocycles. The van der Waals surface area contributed by atoms with Gasteiger partial charge < -0.3 is 19.5 Å². The van der Waals surface area contributed by atoms with Crippen molar-refractivity contribution < 1.29 is 27.4 Å². The van der Waals surface area contributed by atoms with Crippen molar-refractivity contribution in [2.75, 3.05) is 47.6 Å². The molecule has 0 spiro atoms. The molecule has 0 aliphatic carbocycles. The van der Waals surface area contributed by atoms with Crippen LogP contribution in [0, 0.1) is 0 Å². The maximum atomic E-state index is 12.2. The summed E-state index contributed by atoms with van der Waals surface area (Å²) in [5, 5.41) is 3.03. The number of methoxy groups -OCH3 is 3. The smallest absolute Gasteiger partial charge is 0.341 e. The number of carbonyl (C=O) groups is 1. The van der Waals surface area contributed by atoms with Gasteiger partial charge in [0.05, 0.1) is 25.7 Å². The molecule has 24 heavy (non-hydrogen) atoms. The van der Waals surface area contributed by atoms with Crippen LogP contribution in [0.25, 0.3) is 0 Å². The number of hydrogen-bond acceptors (Lipinski definition) is 7. The Hall–Kier alpha value is -1.39. The van der Waals surface area contributed by atoms with Crippen molar-refractivity contribution in [3.63, 3.8) is 0 Å². The number of halogens is 1. The van der Waals surface area contributed by atoms with E-state index in [0.717, 1.165) is 0 Å². The average Bonchev–Trinajstić information content (AvgIpc) is 2.56. The molecule has 1 aromatic rings. The van der Waals surface area contributed by atoms with Crippen LogP contribution in [0.1, 0.15) is 10.4 Å². The van der Waals surface area contributed by atoms with Crippen LogP contribution in [0.3, 0.4) is 0 Å². The lowest BCUT2D eigenvalue weighted by atomic mass is 10.2. The van der Waals surface area contributed by atoms with Crippen molar-refractivity contribution in [2.24, 2.45) is 0 Å². The van der Waals surface area contributed by atoms with Gasteiger partial charge in [-0.05, 0) is 12.1 Å². The first kappa shape index (κ1) is 22.6. The van der Waals surface area contributed by atoms with Crippen LogP contribution in [0.15, 0.2) is 23.1 Å². The Morgan fingerprint density at radius 3 is 2.42 bits per heavy atom. The summed E-state index contributed by atoms with van der Waals surface area (Å²) in [6, 6.07) is 3.97. The number of carbonyl (C=O) groups excluding carboxylic acids is 1. The first-order chi connectivity index (χ1) is 11.0. The Labute approximate surface area is 148 Å². The third kappa shape index (κ3) is 6.62. The zero-order chi connectivity index (χ0) is 17.3. The van der Waals surface area contributed by atoms with Crippen LogP contribution >= 0.6 is 12.4 Å². The maximum absolute atomic E-state index is 12.2. The first-order valence-corrected chi connectivity index (χ1v) is 8.40. The minimum Gasteiger partial charge on any atom is -0.496 e. The van der Waals surface area contributed by atoms with Gasteiger partial charge in [-0.2, -0.15) is 0 Å². The van der Waals surface area contributed by atoms with Gasteiger partial charge in [0.1, 0.15) is 11.3 Å². The van der Waals surface area contributed by atoms with E-state index in [0.29, 0.717) is 19.7 Å². The maximum Gasteiger partial charge on any atom is 0.341 e. The molecule has 0 heterocycles. The van der Waals surface area contributed by atoms with E-state index >= 15 is 0 Å². The summed E-state index contributed by atoms with van der Waals surface area (Å²) in [5.74, 6) is -0.459. The monoisotopic (exact) mass is 382 g/mol. The fourth-order valence-corrected chi connectivity index (χ4v) is 2.82. The van der Waals surface area contributed by atoms with E-state index < -0.39 is 16.0 Å². The van der Waals surface area contributed by atoms with Gasteiger partial charge in [-0.1, -0.05) is 0 Å². The highest BCUT2D eigenvalue weighted by atomic mass is 35.5. The zero-order valence-corrected chi connectivity index (χ0v) is 15.5. The molecule has 0 amide bonds. The molecular weight excluding hydrogens is 360 g/mol. The second-order valence-electron chi connectivity index (χ2n) is 4.49. The highest BCUT2D eigenvalue weighted by Gasteiger charge is 2.19. The SMILES string of the molecule is COCCNCCNS(=O)(=O)c1ccc(C(=O)OC)c(OC)c1.Cl. The summed E-state index contributed by atoms with van der Waals surface area (Å²) < 4.78 is 41.4. The Bertz CT molecular complexity index is 624. The van der Waals surface area contributed by atoms with Gasteiger partial charge in [-0.3, -0.25) is 0 Å². The second kappa shape index (κ2) is 11.2. The third-order valence-electron chi connectivity index (χ3n) is 2.97. The zero-order valence-electron chi connectivity index (χ0n) is 13.8. The third-order valence-corrected chi connectivity index (χ3v) is 4.42. The molecule has 0 aliphatic rings. The highest BCUT2D eigenvalue weighted by Crippen LogP contribution is 2.23. The second-order valence-corrected chi connectivity index (χ2v) is 6.26. The van der Waals surface area contributed by atoms with Crippen molar-refractivity contribution in [3.8, 4) is 5.75 Å². The van der Waals surface area contributed by atoms with Crippen molar-refractivity contribution >= 4 is 28.4 Å².